The Kier molecular flexibility index (Phi) is 4.40. The number of anilines is 1. The molecule has 0 amide bonds. The Morgan fingerprint density at radius 1 is 1.23 bits per heavy atom. The lowest BCUT2D eigenvalue weighted by molar-refractivity contribution is 0.272. The van der Waals surface area contributed by atoms with E-state index in [0.29, 0.717) is 24.4 Å². The van der Waals surface area contributed by atoms with E-state index in [1.165, 1.54) is 16.1 Å². The van der Waals surface area contributed by atoms with Crippen molar-refractivity contribution in [1.29, 1.82) is 0 Å². The summed E-state index contributed by atoms with van der Waals surface area (Å²) in [6.45, 7) is 1.31. The van der Waals surface area contributed by atoms with Gasteiger partial charge < -0.3 is 16.0 Å². The van der Waals surface area contributed by atoms with Crippen molar-refractivity contribution in [2.45, 2.75) is 51.1 Å². The van der Waals surface area contributed by atoms with Crippen molar-refractivity contribution < 1.29 is 8.42 Å². The summed E-state index contributed by atoms with van der Waals surface area (Å²) in [7, 11) is -3.29. The molecule has 0 saturated carbocycles. The quantitative estimate of drug-likeness (QED) is 0.817. The summed E-state index contributed by atoms with van der Waals surface area (Å²) in [5, 5.41) is 0. The summed E-state index contributed by atoms with van der Waals surface area (Å²) in [5.41, 5.74) is 16.0. The average molecular weight is 379 g/mol. The minimum atomic E-state index is -3.29. The topological polar surface area (TPSA) is 120 Å². The molecule has 1 aliphatic carbocycles. The summed E-state index contributed by atoms with van der Waals surface area (Å²) in [5.74, 6) is 1.21. The predicted molar refractivity (Wildman–Crippen MR) is 101 cm³/mol. The first-order valence-electron chi connectivity index (χ1n) is 9.23. The van der Waals surface area contributed by atoms with Crippen LogP contribution in [0.1, 0.15) is 48.8 Å². The SMILES string of the molecule is CS(=O)(=O)N1Cc2nc3c(N)nc4c(c3n2[C@@H](CCCN)C1)CCCC4. The van der Waals surface area contributed by atoms with E-state index in [-0.39, 0.29) is 12.6 Å². The van der Waals surface area contributed by atoms with E-state index < -0.39 is 10.0 Å². The number of nitrogens with zero attached hydrogens (tertiary/aromatic N) is 4. The monoisotopic (exact) mass is 378 g/mol. The van der Waals surface area contributed by atoms with E-state index in [4.69, 9.17) is 16.5 Å². The number of nitrogens with two attached hydrogens (primary N) is 2. The molecule has 1 aliphatic heterocycles. The van der Waals surface area contributed by atoms with Crippen LogP contribution in [0.25, 0.3) is 11.0 Å². The standard InChI is InChI=1S/C17H26N6O2S/c1-26(24,25)22-9-11(5-4-8-18)23-14(10-22)21-15-16(23)12-6-2-3-7-13(12)20-17(15)19/h11H,2-10,18H2,1H3,(H2,19,20)/t11-/m0/s1. The number of aryl methyl sites for hydroxylation is 2. The Morgan fingerprint density at radius 2 is 2.00 bits per heavy atom. The van der Waals surface area contributed by atoms with Crippen molar-refractivity contribution in [3.8, 4) is 0 Å². The number of pyridine rings is 1. The molecule has 142 valence electrons. The van der Waals surface area contributed by atoms with Crippen LogP contribution in [0.15, 0.2) is 0 Å². The Bertz CT molecular complexity index is 952. The zero-order valence-electron chi connectivity index (χ0n) is 15.1. The maximum Gasteiger partial charge on any atom is 0.211 e. The lowest BCUT2D eigenvalue weighted by Gasteiger charge is -2.33. The number of fused-ring (bicyclic) bond motifs is 5. The second-order valence-electron chi connectivity index (χ2n) is 7.36. The zero-order valence-corrected chi connectivity index (χ0v) is 15.9. The number of sulfonamides is 1. The van der Waals surface area contributed by atoms with Gasteiger partial charge in [0.25, 0.3) is 0 Å². The van der Waals surface area contributed by atoms with E-state index in [1.807, 2.05) is 0 Å². The fourth-order valence-corrected chi connectivity index (χ4v) is 5.08. The first kappa shape index (κ1) is 17.7. The van der Waals surface area contributed by atoms with Crippen molar-refractivity contribution in [1.82, 2.24) is 18.8 Å². The van der Waals surface area contributed by atoms with E-state index in [2.05, 4.69) is 9.55 Å². The molecule has 0 radical (unpaired) electrons. The van der Waals surface area contributed by atoms with Gasteiger partial charge >= 0.3 is 0 Å². The van der Waals surface area contributed by atoms with Gasteiger partial charge in [0.2, 0.25) is 10.0 Å². The molecule has 9 heteroatoms. The number of rotatable bonds is 4. The third kappa shape index (κ3) is 2.87. The van der Waals surface area contributed by atoms with Crippen LogP contribution in [-0.2, 0) is 29.4 Å². The maximum atomic E-state index is 12.2. The van der Waals surface area contributed by atoms with Gasteiger partial charge in [0.05, 0.1) is 18.3 Å². The number of nitrogen functional groups attached to an aromatic ring is 1. The molecule has 4 N–H and O–H groups in total. The first-order valence-corrected chi connectivity index (χ1v) is 11.1. The lowest BCUT2D eigenvalue weighted by Crippen LogP contribution is -2.40. The van der Waals surface area contributed by atoms with Crippen molar-refractivity contribution in [2.75, 3.05) is 25.1 Å². The molecular formula is C17H26N6O2S. The molecule has 2 aromatic rings. The number of hydrogen-bond acceptors (Lipinski definition) is 6. The van der Waals surface area contributed by atoms with E-state index in [0.717, 1.165) is 55.6 Å². The maximum absolute atomic E-state index is 12.2. The summed E-state index contributed by atoms with van der Waals surface area (Å²) >= 11 is 0. The van der Waals surface area contributed by atoms with Gasteiger partial charge in [0.15, 0.2) is 5.82 Å². The largest absolute Gasteiger partial charge is 0.382 e. The minimum absolute atomic E-state index is 0.0230. The molecule has 0 bridgehead atoms. The van der Waals surface area contributed by atoms with Gasteiger partial charge in [0.1, 0.15) is 11.3 Å². The molecular weight excluding hydrogens is 352 g/mol. The van der Waals surface area contributed by atoms with Gasteiger partial charge in [-0.05, 0) is 50.6 Å². The Hall–Kier alpha value is -1.71. The lowest BCUT2D eigenvalue weighted by atomic mass is 9.94. The highest BCUT2D eigenvalue weighted by Crippen LogP contribution is 2.37. The third-order valence-corrected chi connectivity index (χ3v) is 6.73. The van der Waals surface area contributed by atoms with Crippen molar-refractivity contribution in [3.63, 3.8) is 0 Å². The summed E-state index contributed by atoms with van der Waals surface area (Å²) < 4.78 is 28.1. The molecule has 0 aromatic carbocycles. The highest BCUT2D eigenvalue weighted by atomic mass is 32.2. The molecule has 0 spiro atoms. The van der Waals surface area contributed by atoms with Crippen molar-refractivity contribution >= 4 is 26.9 Å². The smallest absolute Gasteiger partial charge is 0.211 e. The fourth-order valence-electron chi connectivity index (χ4n) is 4.28. The van der Waals surface area contributed by atoms with Gasteiger partial charge in [-0.2, -0.15) is 4.31 Å². The number of hydrogen-bond donors (Lipinski definition) is 2. The van der Waals surface area contributed by atoms with Gasteiger partial charge in [-0.15, -0.1) is 0 Å². The normalized spacial score (nSPS) is 20.9. The zero-order chi connectivity index (χ0) is 18.5. The van der Waals surface area contributed by atoms with Gasteiger partial charge in [-0.3, -0.25) is 0 Å². The van der Waals surface area contributed by atoms with Crippen LogP contribution in [0.3, 0.4) is 0 Å². The van der Waals surface area contributed by atoms with E-state index in [9.17, 15) is 8.42 Å². The summed E-state index contributed by atoms with van der Waals surface area (Å²) in [6.07, 6.45) is 7.09. The highest BCUT2D eigenvalue weighted by Gasteiger charge is 2.34. The van der Waals surface area contributed by atoms with E-state index in [1.54, 1.807) is 0 Å². The van der Waals surface area contributed by atoms with Crippen LogP contribution in [0.5, 0.6) is 0 Å². The fraction of sp³-hybridized carbons (Fsp3) is 0.647. The third-order valence-electron chi connectivity index (χ3n) is 5.51. The molecule has 0 unspecified atom stereocenters. The molecule has 8 nitrogen and oxygen atoms in total. The van der Waals surface area contributed by atoms with Crippen molar-refractivity contribution in [3.05, 3.63) is 17.1 Å². The molecule has 4 rings (SSSR count). The molecule has 0 fully saturated rings. The Labute approximate surface area is 153 Å². The Morgan fingerprint density at radius 3 is 2.73 bits per heavy atom. The van der Waals surface area contributed by atoms with Crippen LogP contribution in [0.2, 0.25) is 0 Å². The van der Waals surface area contributed by atoms with Crippen LogP contribution in [0.4, 0.5) is 5.82 Å². The van der Waals surface area contributed by atoms with Crippen LogP contribution < -0.4 is 11.5 Å². The molecule has 26 heavy (non-hydrogen) atoms. The van der Waals surface area contributed by atoms with Gasteiger partial charge in [0, 0.05) is 18.3 Å². The second kappa shape index (κ2) is 6.47. The predicted octanol–water partition coefficient (Wildman–Crippen LogP) is 0.948. The first-order chi connectivity index (χ1) is 12.4. The number of aromatic nitrogens is 3. The van der Waals surface area contributed by atoms with Gasteiger partial charge in [-0.25, -0.2) is 18.4 Å². The second-order valence-corrected chi connectivity index (χ2v) is 9.35. The molecule has 1 atom stereocenters. The average Bonchev–Trinajstić information content (AvgIpc) is 2.99. The van der Waals surface area contributed by atoms with Crippen molar-refractivity contribution in [2.24, 2.45) is 5.73 Å². The van der Waals surface area contributed by atoms with E-state index >= 15 is 0 Å². The molecule has 2 aromatic heterocycles. The molecule has 3 heterocycles. The molecule has 2 aliphatic rings. The Balaban J connectivity index is 1.92. The molecule has 0 saturated heterocycles. The van der Waals surface area contributed by atoms with Crippen LogP contribution >= 0.6 is 0 Å². The van der Waals surface area contributed by atoms with Gasteiger partial charge in [-0.1, -0.05) is 0 Å². The number of imidazole rings is 1. The summed E-state index contributed by atoms with van der Waals surface area (Å²) in [4.78, 5) is 9.31. The minimum Gasteiger partial charge on any atom is -0.382 e. The highest BCUT2D eigenvalue weighted by molar-refractivity contribution is 7.88. The summed E-state index contributed by atoms with van der Waals surface area (Å²) in [6, 6.07) is 0.0230. The van der Waals surface area contributed by atoms with Crippen LogP contribution in [0, 0.1) is 0 Å². The van der Waals surface area contributed by atoms with Crippen LogP contribution in [-0.4, -0.2) is 46.6 Å².